The maximum Gasteiger partial charge on any atom is 0.424 e. The predicted molar refractivity (Wildman–Crippen MR) is 108 cm³/mol. The van der Waals surface area contributed by atoms with Crippen LogP contribution in [0.15, 0.2) is 82.8 Å². The van der Waals surface area contributed by atoms with Gasteiger partial charge in [0.05, 0.1) is 17.1 Å². The fourth-order valence-electron chi connectivity index (χ4n) is 3.23. The minimum absolute atomic E-state index is 0.218. The minimum Gasteiger partial charge on any atom is -0.409 e. The molecule has 2 aliphatic heterocycles. The molecule has 0 fully saturated rings. The van der Waals surface area contributed by atoms with Crippen molar-refractivity contribution in [3.63, 3.8) is 0 Å². The summed E-state index contributed by atoms with van der Waals surface area (Å²) in [6, 6.07) is 16.7. The third-order valence-corrected chi connectivity index (χ3v) is 4.63. The smallest absolute Gasteiger partial charge is 0.409 e. The number of benzene rings is 2. The highest BCUT2D eigenvalue weighted by molar-refractivity contribution is 6.30. The molecular formula is C22H19N3O3. The molecule has 0 atom stereocenters. The van der Waals surface area contributed by atoms with E-state index in [1.165, 1.54) is 9.91 Å². The van der Waals surface area contributed by atoms with Gasteiger partial charge in [0, 0.05) is 11.8 Å². The van der Waals surface area contributed by atoms with E-state index in [1.807, 2.05) is 56.3 Å². The Bertz CT molecular complexity index is 1050. The van der Waals surface area contributed by atoms with Gasteiger partial charge in [0.15, 0.2) is 0 Å². The number of nitrogens with zero attached hydrogens (tertiary/aromatic N) is 3. The number of amides is 2. The number of hydrogen-bond donors (Lipinski definition) is 0. The third-order valence-electron chi connectivity index (χ3n) is 4.63. The van der Waals surface area contributed by atoms with Crippen molar-refractivity contribution in [3.05, 3.63) is 83.3 Å². The number of aryl methyl sites for hydroxylation is 1. The Morgan fingerprint density at radius 1 is 0.857 bits per heavy atom. The standard InChI is InChI=1S/C22H19N3O3/c1-14-9-11-17(12-10-14)24-15(2)13-19(28-22(24)27)20-16(3)23-25(21(20)26)18-7-5-4-6-8-18/h4-13H,1-3H3/b20-19+. The van der Waals surface area contributed by atoms with E-state index in [9.17, 15) is 9.59 Å². The van der Waals surface area contributed by atoms with E-state index in [4.69, 9.17) is 4.74 Å². The highest BCUT2D eigenvalue weighted by Crippen LogP contribution is 2.31. The molecule has 140 valence electrons. The molecule has 0 spiro atoms. The van der Waals surface area contributed by atoms with E-state index >= 15 is 0 Å². The Labute approximate surface area is 163 Å². The Balaban J connectivity index is 1.71. The molecule has 6 heteroatoms. The first-order valence-electron chi connectivity index (χ1n) is 8.92. The number of carbonyl (C=O) groups is 2. The van der Waals surface area contributed by atoms with Crippen LogP contribution in [0, 0.1) is 6.92 Å². The number of hydrogen-bond acceptors (Lipinski definition) is 4. The molecule has 0 aliphatic carbocycles. The van der Waals surface area contributed by atoms with Crippen molar-refractivity contribution in [3.8, 4) is 0 Å². The number of hydrazone groups is 1. The summed E-state index contributed by atoms with van der Waals surface area (Å²) in [5.74, 6) is -0.102. The lowest BCUT2D eigenvalue weighted by Crippen LogP contribution is -2.34. The zero-order chi connectivity index (χ0) is 19.8. The van der Waals surface area contributed by atoms with Gasteiger partial charge in [-0.15, -0.1) is 0 Å². The molecule has 0 saturated carbocycles. The van der Waals surface area contributed by atoms with Crippen molar-refractivity contribution >= 4 is 29.1 Å². The second-order valence-corrected chi connectivity index (χ2v) is 6.70. The summed E-state index contributed by atoms with van der Waals surface area (Å²) in [6.45, 7) is 5.52. The molecule has 2 aliphatic rings. The van der Waals surface area contributed by atoms with Gasteiger partial charge in [-0.2, -0.15) is 10.1 Å². The number of para-hydroxylation sites is 1. The lowest BCUT2D eigenvalue weighted by atomic mass is 10.1. The highest BCUT2D eigenvalue weighted by atomic mass is 16.6. The molecule has 0 unspecified atom stereocenters. The number of cyclic esters (lactones) is 1. The summed E-state index contributed by atoms with van der Waals surface area (Å²) in [5, 5.41) is 5.66. The average Bonchev–Trinajstić information content (AvgIpc) is 2.97. The second-order valence-electron chi connectivity index (χ2n) is 6.70. The van der Waals surface area contributed by atoms with Crippen LogP contribution in [0.5, 0.6) is 0 Å². The number of rotatable bonds is 2. The quantitative estimate of drug-likeness (QED) is 0.727. The lowest BCUT2D eigenvalue weighted by molar-refractivity contribution is -0.114. The van der Waals surface area contributed by atoms with Gasteiger partial charge in [0.1, 0.15) is 11.3 Å². The minimum atomic E-state index is -0.551. The highest BCUT2D eigenvalue weighted by Gasteiger charge is 2.35. The van der Waals surface area contributed by atoms with Gasteiger partial charge < -0.3 is 4.74 Å². The Kier molecular flexibility index (Phi) is 4.31. The fraction of sp³-hybridized carbons (Fsp3) is 0.136. The van der Waals surface area contributed by atoms with E-state index in [0.29, 0.717) is 28.4 Å². The first kappa shape index (κ1) is 17.7. The van der Waals surface area contributed by atoms with E-state index in [1.54, 1.807) is 25.1 Å². The molecule has 0 radical (unpaired) electrons. The number of ether oxygens (including phenoxy) is 1. The molecule has 2 amide bonds. The van der Waals surface area contributed by atoms with Crippen LogP contribution in [0.1, 0.15) is 19.4 Å². The van der Waals surface area contributed by atoms with Gasteiger partial charge in [-0.1, -0.05) is 35.9 Å². The maximum atomic E-state index is 12.9. The van der Waals surface area contributed by atoms with Gasteiger partial charge >= 0.3 is 6.09 Å². The Hall–Kier alpha value is -3.67. The van der Waals surface area contributed by atoms with Gasteiger partial charge in [-0.05, 0) is 45.0 Å². The summed E-state index contributed by atoms with van der Waals surface area (Å²) < 4.78 is 5.52. The van der Waals surface area contributed by atoms with Crippen LogP contribution < -0.4 is 9.91 Å². The average molecular weight is 373 g/mol. The van der Waals surface area contributed by atoms with Crippen LogP contribution in [0.25, 0.3) is 0 Å². The Morgan fingerprint density at radius 3 is 2.18 bits per heavy atom. The molecule has 2 aromatic rings. The normalized spacial score (nSPS) is 19.5. The zero-order valence-electron chi connectivity index (χ0n) is 15.8. The molecule has 28 heavy (non-hydrogen) atoms. The van der Waals surface area contributed by atoms with Crippen molar-refractivity contribution in [2.24, 2.45) is 5.10 Å². The van der Waals surface area contributed by atoms with Crippen LogP contribution in [-0.4, -0.2) is 17.7 Å². The van der Waals surface area contributed by atoms with Crippen molar-refractivity contribution in [2.75, 3.05) is 9.91 Å². The van der Waals surface area contributed by atoms with Crippen LogP contribution in [0.2, 0.25) is 0 Å². The van der Waals surface area contributed by atoms with Crippen molar-refractivity contribution in [1.82, 2.24) is 0 Å². The summed E-state index contributed by atoms with van der Waals surface area (Å²) in [7, 11) is 0. The SMILES string of the molecule is CC1=C/C(=C2\C(=O)N(c3ccccc3)N=C2C)OC(=O)N1c1ccc(C)cc1. The second kappa shape index (κ2) is 6.81. The largest absolute Gasteiger partial charge is 0.424 e. The first-order valence-corrected chi connectivity index (χ1v) is 8.92. The van der Waals surface area contributed by atoms with Gasteiger partial charge in [-0.25, -0.2) is 4.79 Å². The number of allylic oxidation sites excluding steroid dienone is 2. The van der Waals surface area contributed by atoms with Crippen LogP contribution in [0.3, 0.4) is 0 Å². The monoisotopic (exact) mass is 373 g/mol. The molecule has 4 rings (SSSR count). The van der Waals surface area contributed by atoms with Gasteiger partial charge in [-0.3, -0.25) is 9.69 Å². The Morgan fingerprint density at radius 2 is 1.54 bits per heavy atom. The predicted octanol–water partition coefficient (Wildman–Crippen LogP) is 4.53. The summed E-state index contributed by atoms with van der Waals surface area (Å²) in [6.07, 6.45) is 1.15. The van der Waals surface area contributed by atoms with Gasteiger partial charge in [0.25, 0.3) is 5.91 Å². The molecule has 0 bridgehead atoms. The van der Waals surface area contributed by atoms with Crippen molar-refractivity contribution < 1.29 is 14.3 Å². The van der Waals surface area contributed by atoms with E-state index < -0.39 is 6.09 Å². The fourth-order valence-corrected chi connectivity index (χ4v) is 3.23. The van der Waals surface area contributed by atoms with E-state index in [-0.39, 0.29) is 11.7 Å². The molecule has 6 nitrogen and oxygen atoms in total. The maximum absolute atomic E-state index is 12.9. The van der Waals surface area contributed by atoms with Gasteiger partial charge in [0.2, 0.25) is 0 Å². The zero-order valence-corrected chi connectivity index (χ0v) is 15.8. The molecule has 2 heterocycles. The van der Waals surface area contributed by atoms with Crippen molar-refractivity contribution in [2.45, 2.75) is 20.8 Å². The molecule has 0 saturated heterocycles. The van der Waals surface area contributed by atoms with Crippen LogP contribution in [0.4, 0.5) is 16.2 Å². The summed E-state index contributed by atoms with van der Waals surface area (Å²) in [4.78, 5) is 27.1. The first-order chi connectivity index (χ1) is 13.5. The number of carbonyl (C=O) groups excluding carboxylic acids is 2. The van der Waals surface area contributed by atoms with Crippen LogP contribution >= 0.6 is 0 Å². The van der Waals surface area contributed by atoms with Crippen LogP contribution in [-0.2, 0) is 9.53 Å². The summed E-state index contributed by atoms with van der Waals surface area (Å²) >= 11 is 0. The topological polar surface area (TPSA) is 62.2 Å². The molecule has 0 N–H and O–H groups in total. The third kappa shape index (κ3) is 2.99. The van der Waals surface area contributed by atoms with Crippen molar-refractivity contribution in [1.29, 1.82) is 0 Å². The molecule has 0 aromatic heterocycles. The lowest BCUT2D eigenvalue weighted by Gasteiger charge is -2.27. The van der Waals surface area contributed by atoms with E-state index in [0.717, 1.165) is 5.56 Å². The number of anilines is 2. The summed E-state index contributed by atoms with van der Waals surface area (Å²) in [5.41, 5.74) is 3.93. The molecule has 2 aromatic carbocycles. The molecular weight excluding hydrogens is 354 g/mol. The van der Waals surface area contributed by atoms with E-state index in [2.05, 4.69) is 5.10 Å².